The maximum absolute atomic E-state index is 11.5. The van der Waals surface area contributed by atoms with Gasteiger partial charge in [0.05, 0.1) is 6.33 Å². The second-order valence-corrected chi connectivity index (χ2v) is 4.71. The summed E-state index contributed by atoms with van der Waals surface area (Å²) in [5, 5.41) is 0.173. The third-order valence-electron chi connectivity index (χ3n) is 3.26. The molecule has 0 unspecified atom stereocenters. The Morgan fingerprint density at radius 1 is 1.21 bits per heavy atom. The van der Waals surface area contributed by atoms with Crippen LogP contribution in [0.3, 0.4) is 0 Å². The first-order chi connectivity index (χ1) is 9.13. The first-order valence-electron chi connectivity index (χ1n) is 6.84. The molecular formula is C13H23ClN4O. The van der Waals surface area contributed by atoms with Crippen molar-refractivity contribution in [1.29, 1.82) is 0 Å². The zero-order valence-corrected chi connectivity index (χ0v) is 12.7. The summed E-state index contributed by atoms with van der Waals surface area (Å²) >= 11 is 6.00. The Hall–Kier alpha value is -1.07. The topological polar surface area (TPSA) is 52.2 Å². The van der Waals surface area contributed by atoms with E-state index in [2.05, 4.69) is 28.7 Å². The van der Waals surface area contributed by atoms with Crippen LogP contribution in [0.2, 0.25) is 5.02 Å². The minimum atomic E-state index is -0.283. The van der Waals surface area contributed by atoms with Crippen molar-refractivity contribution in [2.24, 2.45) is 0 Å². The van der Waals surface area contributed by atoms with Gasteiger partial charge in [-0.25, -0.2) is 4.98 Å². The minimum absolute atomic E-state index is 0.173. The lowest BCUT2D eigenvalue weighted by Gasteiger charge is -2.24. The van der Waals surface area contributed by atoms with Crippen molar-refractivity contribution >= 4 is 17.4 Å². The van der Waals surface area contributed by atoms with Crippen LogP contribution in [0.4, 0.5) is 5.82 Å². The van der Waals surface area contributed by atoms with Gasteiger partial charge in [-0.15, -0.1) is 0 Å². The Labute approximate surface area is 119 Å². The molecule has 1 heterocycles. The molecule has 0 saturated carbocycles. The second kappa shape index (κ2) is 8.17. The van der Waals surface area contributed by atoms with E-state index in [0.717, 1.165) is 39.1 Å². The molecule has 0 atom stereocenters. The van der Waals surface area contributed by atoms with Crippen molar-refractivity contribution < 1.29 is 0 Å². The molecule has 1 aromatic rings. The van der Waals surface area contributed by atoms with Gasteiger partial charge in [-0.1, -0.05) is 25.4 Å². The standard InChI is InChI=1S/C13H23ClN4O/c1-4-17(5-2)8-7-9-18(6-3)12-11(14)13(19)16-10-15-12/h10H,4-9H2,1-3H3,(H,15,16,19). The molecule has 0 radical (unpaired) electrons. The van der Waals surface area contributed by atoms with Gasteiger partial charge >= 0.3 is 0 Å². The van der Waals surface area contributed by atoms with Crippen LogP contribution >= 0.6 is 11.6 Å². The Bertz CT molecular complexity index is 431. The Morgan fingerprint density at radius 2 is 1.89 bits per heavy atom. The van der Waals surface area contributed by atoms with Gasteiger partial charge in [0.1, 0.15) is 5.02 Å². The molecule has 1 N–H and O–H groups in total. The number of aromatic amines is 1. The molecule has 19 heavy (non-hydrogen) atoms. The molecule has 1 rings (SSSR count). The van der Waals surface area contributed by atoms with E-state index in [4.69, 9.17) is 11.6 Å². The van der Waals surface area contributed by atoms with Crippen molar-refractivity contribution in [2.45, 2.75) is 27.2 Å². The zero-order valence-electron chi connectivity index (χ0n) is 11.9. The minimum Gasteiger partial charge on any atom is -0.355 e. The van der Waals surface area contributed by atoms with E-state index in [1.807, 2.05) is 11.8 Å². The highest BCUT2D eigenvalue weighted by Gasteiger charge is 2.12. The van der Waals surface area contributed by atoms with Gasteiger partial charge in [-0.05, 0) is 33.0 Å². The molecule has 0 aliphatic carbocycles. The first kappa shape index (κ1) is 16.0. The summed E-state index contributed by atoms with van der Waals surface area (Å²) in [5.41, 5.74) is -0.283. The van der Waals surface area contributed by atoms with Crippen LogP contribution in [0.5, 0.6) is 0 Å². The van der Waals surface area contributed by atoms with E-state index in [1.165, 1.54) is 6.33 Å². The number of rotatable bonds is 8. The fraction of sp³-hybridized carbons (Fsp3) is 0.692. The molecule has 6 heteroatoms. The number of aromatic nitrogens is 2. The maximum Gasteiger partial charge on any atom is 0.271 e. The van der Waals surface area contributed by atoms with Crippen molar-refractivity contribution in [3.8, 4) is 0 Å². The molecule has 0 aliphatic rings. The lowest BCUT2D eigenvalue weighted by Crippen LogP contribution is -2.31. The fourth-order valence-corrected chi connectivity index (χ4v) is 2.26. The summed E-state index contributed by atoms with van der Waals surface area (Å²) < 4.78 is 0. The van der Waals surface area contributed by atoms with E-state index in [9.17, 15) is 4.79 Å². The predicted octanol–water partition coefficient (Wildman–Crippen LogP) is 1.98. The summed E-state index contributed by atoms with van der Waals surface area (Å²) in [6, 6.07) is 0. The van der Waals surface area contributed by atoms with Gasteiger partial charge in [0.2, 0.25) is 0 Å². The summed E-state index contributed by atoms with van der Waals surface area (Å²) in [7, 11) is 0. The smallest absolute Gasteiger partial charge is 0.271 e. The van der Waals surface area contributed by atoms with Crippen molar-refractivity contribution in [2.75, 3.05) is 37.6 Å². The molecule has 5 nitrogen and oxygen atoms in total. The SMILES string of the molecule is CCN(CC)CCCN(CC)c1nc[nH]c(=O)c1Cl. The van der Waals surface area contributed by atoms with E-state index in [1.54, 1.807) is 0 Å². The molecule has 0 spiro atoms. The molecular weight excluding hydrogens is 264 g/mol. The molecule has 0 amide bonds. The summed E-state index contributed by atoms with van der Waals surface area (Å²) in [4.78, 5) is 22.5. The second-order valence-electron chi connectivity index (χ2n) is 4.33. The highest BCUT2D eigenvalue weighted by atomic mass is 35.5. The van der Waals surface area contributed by atoms with Crippen LogP contribution in [-0.4, -0.2) is 47.6 Å². The molecule has 0 bridgehead atoms. The third kappa shape index (κ3) is 4.51. The predicted molar refractivity (Wildman–Crippen MR) is 80.2 cm³/mol. The molecule has 108 valence electrons. The number of nitrogens with zero attached hydrogens (tertiary/aromatic N) is 3. The van der Waals surface area contributed by atoms with Gasteiger partial charge < -0.3 is 14.8 Å². The number of hydrogen-bond donors (Lipinski definition) is 1. The number of H-pyrrole nitrogens is 1. The summed E-state index contributed by atoms with van der Waals surface area (Å²) in [5.74, 6) is 0.576. The molecule has 1 aromatic heterocycles. The van der Waals surface area contributed by atoms with E-state index >= 15 is 0 Å². The normalized spacial score (nSPS) is 11.0. The van der Waals surface area contributed by atoms with Crippen LogP contribution in [0, 0.1) is 0 Å². The molecule has 0 fully saturated rings. The maximum atomic E-state index is 11.5. The number of hydrogen-bond acceptors (Lipinski definition) is 4. The van der Waals surface area contributed by atoms with E-state index in [0.29, 0.717) is 5.82 Å². The van der Waals surface area contributed by atoms with Crippen LogP contribution in [0.25, 0.3) is 0 Å². The van der Waals surface area contributed by atoms with Crippen molar-refractivity contribution in [1.82, 2.24) is 14.9 Å². The molecule has 0 aromatic carbocycles. The monoisotopic (exact) mass is 286 g/mol. The van der Waals surface area contributed by atoms with Crippen molar-refractivity contribution in [3.05, 3.63) is 21.7 Å². The average Bonchev–Trinajstić information content (AvgIpc) is 2.43. The number of halogens is 1. The van der Waals surface area contributed by atoms with E-state index in [-0.39, 0.29) is 10.6 Å². The number of anilines is 1. The average molecular weight is 287 g/mol. The highest BCUT2D eigenvalue weighted by molar-refractivity contribution is 6.32. The Kier molecular flexibility index (Phi) is 6.87. The Morgan fingerprint density at radius 3 is 2.47 bits per heavy atom. The van der Waals surface area contributed by atoms with Gasteiger partial charge in [-0.3, -0.25) is 4.79 Å². The van der Waals surface area contributed by atoms with Gasteiger partial charge in [0.15, 0.2) is 5.82 Å². The van der Waals surface area contributed by atoms with Crippen LogP contribution in [0.15, 0.2) is 11.1 Å². The summed E-state index contributed by atoms with van der Waals surface area (Å²) in [6.07, 6.45) is 2.43. The highest BCUT2D eigenvalue weighted by Crippen LogP contribution is 2.18. The van der Waals surface area contributed by atoms with Gasteiger partial charge in [0.25, 0.3) is 5.56 Å². The van der Waals surface area contributed by atoms with Crippen molar-refractivity contribution in [3.63, 3.8) is 0 Å². The third-order valence-corrected chi connectivity index (χ3v) is 3.60. The molecule has 0 saturated heterocycles. The van der Waals surface area contributed by atoms with Crippen LogP contribution in [-0.2, 0) is 0 Å². The largest absolute Gasteiger partial charge is 0.355 e. The fourth-order valence-electron chi connectivity index (χ4n) is 2.03. The molecule has 0 aliphatic heterocycles. The van der Waals surface area contributed by atoms with E-state index < -0.39 is 0 Å². The first-order valence-corrected chi connectivity index (χ1v) is 7.22. The zero-order chi connectivity index (χ0) is 14.3. The van der Waals surface area contributed by atoms with Gasteiger partial charge in [0, 0.05) is 13.1 Å². The summed E-state index contributed by atoms with van der Waals surface area (Å²) in [6.45, 7) is 11.2. The number of nitrogens with one attached hydrogen (secondary N) is 1. The van der Waals surface area contributed by atoms with Crippen LogP contribution in [0.1, 0.15) is 27.2 Å². The van der Waals surface area contributed by atoms with Gasteiger partial charge in [-0.2, -0.15) is 0 Å². The lowest BCUT2D eigenvalue weighted by atomic mass is 10.3. The quantitative estimate of drug-likeness (QED) is 0.794. The van der Waals surface area contributed by atoms with Crippen LogP contribution < -0.4 is 10.5 Å². The lowest BCUT2D eigenvalue weighted by molar-refractivity contribution is 0.300. The Balaban J connectivity index is 2.63.